The van der Waals surface area contributed by atoms with E-state index in [-0.39, 0.29) is 11.9 Å². The van der Waals surface area contributed by atoms with E-state index in [1.165, 1.54) is 6.42 Å². The molecule has 0 aromatic rings. The van der Waals surface area contributed by atoms with Crippen LogP contribution in [0.4, 0.5) is 0 Å². The molecule has 3 heteroatoms. The van der Waals surface area contributed by atoms with E-state index in [0.717, 1.165) is 13.0 Å². The highest BCUT2D eigenvalue weighted by atomic mass is 16.2. The predicted molar refractivity (Wildman–Crippen MR) is 67.0 cm³/mol. The molecule has 1 heterocycles. The molecule has 2 N–H and O–H groups in total. The zero-order valence-corrected chi connectivity index (χ0v) is 11.1. The number of amides is 1. The van der Waals surface area contributed by atoms with E-state index in [0.29, 0.717) is 24.3 Å². The zero-order valence-electron chi connectivity index (χ0n) is 11.1. The van der Waals surface area contributed by atoms with Crippen molar-refractivity contribution in [1.82, 2.24) is 4.90 Å². The maximum Gasteiger partial charge on any atom is 0.222 e. The van der Waals surface area contributed by atoms with E-state index < -0.39 is 0 Å². The van der Waals surface area contributed by atoms with Crippen LogP contribution in [0.2, 0.25) is 0 Å². The Morgan fingerprint density at radius 3 is 2.62 bits per heavy atom. The van der Waals surface area contributed by atoms with Gasteiger partial charge in [0, 0.05) is 25.0 Å². The van der Waals surface area contributed by atoms with Gasteiger partial charge in [-0.05, 0) is 38.5 Å². The van der Waals surface area contributed by atoms with Crippen LogP contribution in [0.1, 0.15) is 47.0 Å². The monoisotopic (exact) mass is 226 g/mol. The van der Waals surface area contributed by atoms with Gasteiger partial charge in [-0.2, -0.15) is 0 Å². The first kappa shape index (κ1) is 13.5. The van der Waals surface area contributed by atoms with Crippen LogP contribution in [0.15, 0.2) is 0 Å². The van der Waals surface area contributed by atoms with Crippen molar-refractivity contribution in [3.05, 3.63) is 0 Å². The van der Waals surface area contributed by atoms with Crippen LogP contribution in [0.25, 0.3) is 0 Å². The Bertz CT molecular complexity index is 240. The second kappa shape index (κ2) is 5.67. The topological polar surface area (TPSA) is 46.3 Å². The van der Waals surface area contributed by atoms with Gasteiger partial charge in [0.05, 0.1) is 0 Å². The van der Waals surface area contributed by atoms with Gasteiger partial charge in [-0.25, -0.2) is 0 Å². The normalized spacial score (nSPS) is 32.6. The maximum atomic E-state index is 12.1. The standard InChI is InChI=1S/C13H26N2O/c1-9-7-10(2)12(4)15(8-9)13(16)6-5-11(3)14/h9-12H,5-8,14H2,1-4H3. The fourth-order valence-electron chi connectivity index (χ4n) is 2.54. The van der Waals surface area contributed by atoms with Gasteiger partial charge in [-0.1, -0.05) is 13.8 Å². The van der Waals surface area contributed by atoms with Crippen molar-refractivity contribution in [3.8, 4) is 0 Å². The molecule has 0 radical (unpaired) electrons. The summed E-state index contributed by atoms with van der Waals surface area (Å²) < 4.78 is 0. The molecular weight excluding hydrogens is 200 g/mol. The summed E-state index contributed by atoms with van der Waals surface area (Å²) in [5, 5.41) is 0. The lowest BCUT2D eigenvalue weighted by atomic mass is 9.85. The predicted octanol–water partition coefficient (Wildman–Crippen LogP) is 2.01. The second-order valence-electron chi connectivity index (χ2n) is 5.62. The lowest BCUT2D eigenvalue weighted by Crippen LogP contribution is -2.49. The number of likely N-dealkylation sites (tertiary alicyclic amines) is 1. The number of nitrogens with two attached hydrogens (primary N) is 1. The molecule has 0 bridgehead atoms. The first-order valence-electron chi connectivity index (χ1n) is 6.46. The Morgan fingerprint density at radius 1 is 1.44 bits per heavy atom. The molecule has 0 aromatic heterocycles. The van der Waals surface area contributed by atoms with E-state index in [1.807, 2.05) is 6.92 Å². The van der Waals surface area contributed by atoms with Crippen LogP contribution in [0, 0.1) is 11.8 Å². The highest BCUT2D eigenvalue weighted by molar-refractivity contribution is 5.76. The lowest BCUT2D eigenvalue weighted by molar-refractivity contribution is -0.137. The third-order valence-electron chi connectivity index (χ3n) is 3.73. The van der Waals surface area contributed by atoms with Gasteiger partial charge >= 0.3 is 0 Å². The van der Waals surface area contributed by atoms with Crippen LogP contribution in [0.5, 0.6) is 0 Å². The van der Waals surface area contributed by atoms with Crippen LogP contribution in [-0.2, 0) is 4.79 Å². The summed E-state index contributed by atoms with van der Waals surface area (Å²) in [6.45, 7) is 9.52. The van der Waals surface area contributed by atoms with Crippen molar-refractivity contribution in [2.45, 2.75) is 59.0 Å². The summed E-state index contributed by atoms with van der Waals surface area (Å²) in [6.07, 6.45) is 2.63. The van der Waals surface area contributed by atoms with E-state index >= 15 is 0 Å². The smallest absolute Gasteiger partial charge is 0.222 e. The Balaban J connectivity index is 2.52. The molecule has 16 heavy (non-hydrogen) atoms. The highest BCUT2D eigenvalue weighted by Crippen LogP contribution is 2.27. The van der Waals surface area contributed by atoms with E-state index in [9.17, 15) is 4.79 Å². The summed E-state index contributed by atoms with van der Waals surface area (Å²) in [6, 6.07) is 0.510. The molecule has 1 rings (SSSR count). The first-order chi connectivity index (χ1) is 7.41. The van der Waals surface area contributed by atoms with Gasteiger partial charge in [0.2, 0.25) is 5.91 Å². The summed E-state index contributed by atoms with van der Waals surface area (Å²) in [7, 11) is 0. The molecule has 4 unspecified atom stereocenters. The minimum Gasteiger partial charge on any atom is -0.339 e. The van der Waals surface area contributed by atoms with Gasteiger partial charge in [0.15, 0.2) is 0 Å². The molecule has 0 saturated carbocycles. The van der Waals surface area contributed by atoms with Crippen molar-refractivity contribution in [3.63, 3.8) is 0 Å². The number of piperidine rings is 1. The quantitative estimate of drug-likeness (QED) is 0.800. The number of nitrogens with zero attached hydrogens (tertiary/aromatic N) is 1. The molecule has 1 aliphatic rings. The molecule has 1 aliphatic heterocycles. The van der Waals surface area contributed by atoms with E-state index in [1.54, 1.807) is 0 Å². The van der Waals surface area contributed by atoms with Crippen LogP contribution >= 0.6 is 0 Å². The van der Waals surface area contributed by atoms with Gasteiger partial charge in [-0.15, -0.1) is 0 Å². The van der Waals surface area contributed by atoms with Crippen LogP contribution in [-0.4, -0.2) is 29.4 Å². The molecular formula is C13H26N2O. The van der Waals surface area contributed by atoms with Crippen molar-refractivity contribution in [1.29, 1.82) is 0 Å². The Morgan fingerprint density at radius 2 is 2.06 bits per heavy atom. The van der Waals surface area contributed by atoms with Gasteiger partial charge < -0.3 is 10.6 Å². The summed E-state index contributed by atoms with van der Waals surface area (Å²) in [5.74, 6) is 1.52. The van der Waals surface area contributed by atoms with Crippen molar-refractivity contribution in [2.75, 3.05) is 6.54 Å². The number of rotatable bonds is 3. The average molecular weight is 226 g/mol. The highest BCUT2D eigenvalue weighted by Gasteiger charge is 2.31. The van der Waals surface area contributed by atoms with Crippen LogP contribution < -0.4 is 5.73 Å². The summed E-state index contributed by atoms with van der Waals surface area (Å²) in [4.78, 5) is 14.1. The summed E-state index contributed by atoms with van der Waals surface area (Å²) >= 11 is 0. The van der Waals surface area contributed by atoms with Gasteiger partial charge in [0.1, 0.15) is 0 Å². The third kappa shape index (κ3) is 3.48. The molecule has 4 atom stereocenters. The maximum absolute atomic E-state index is 12.1. The Hall–Kier alpha value is -0.570. The number of carbonyl (C=O) groups is 1. The Kier molecular flexibility index (Phi) is 4.78. The zero-order chi connectivity index (χ0) is 12.3. The third-order valence-corrected chi connectivity index (χ3v) is 3.73. The fourth-order valence-corrected chi connectivity index (χ4v) is 2.54. The Labute approximate surface area is 99.4 Å². The van der Waals surface area contributed by atoms with Gasteiger partial charge in [0.25, 0.3) is 0 Å². The fraction of sp³-hybridized carbons (Fsp3) is 0.923. The number of hydrogen-bond acceptors (Lipinski definition) is 2. The SMILES string of the molecule is CC(N)CCC(=O)N1CC(C)CC(C)C1C. The lowest BCUT2D eigenvalue weighted by Gasteiger charge is -2.41. The van der Waals surface area contributed by atoms with E-state index in [2.05, 4.69) is 25.7 Å². The molecule has 0 aliphatic carbocycles. The molecule has 0 spiro atoms. The molecule has 3 nitrogen and oxygen atoms in total. The minimum absolute atomic E-state index is 0.124. The largest absolute Gasteiger partial charge is 0.339 e. The molecule has 1 amide bonds. The molecule has 94 valence electrons. The van der Waals surface area contributed by atoms with Crippen molar-refractivity contribution < 1.29 is 4.79 Å². The van der Waals surface area contributed by atoms with E-state index in [4.69, 9.17) is 5.73 Å². The summed E-state index contributed by atoms with van der Waals surface area (Å²) in [5.41, 5.74) is 5.69. The molecule has 1 saturated heterocycles. The van der Waals surface area contributed by atoms with Crippen LogP contribution in [0.3, 0.4) is 0 Å². The average Bonchev–Trinajstić information content (AvgIpc) is 2.19. The molecule has 0 aromatic carbocycles. The first-order valence-corrected chi connectivity index (χ1v) is 6.46. The van der Waals surface area contributed by atoms with Crippen molar-refractivity contribution in [2.24, 2.45) is 17.6 Å². The van der Waals surface area contributed by atoms with Gasteiger partial charge in [-0.3, -0.25) is 4.79 Å². The second-order valence-corrected chi connectivity index (χ2v) is 5.62. The number of hydrogen-bond donors (Lipinski definition) is 1. The number of carbonyl (C=O) groups excluding carboxylic acids is 1. The minimum atomic E-state index is 0.124. The molecule has 1 fully saturated rings. The van der Waals surface area contributed by atoms with Crippen molar-refractivity contribution >= 4 is 5.91 Å².